The first-order valence-electron chi connectivity index (χ1n) is 3.86. The molecule has 2 nitrogen and oxygen atoms in total. The van der Waals surface area contributed by atoms with E-state index in [1.54, 1.807) is 6.92 Å². The molecule has 0 amide bonds. The zero-order chi connectivity index (χ0) is 8.27. The molecule has 1 rings (SSSR count). The molecule has 1 fully saturated rings. The summed E-state index contributed by atoms with van der Waals surface area (Å²) in [6, 6.07) is 0. The second-order valence-electron chi connectivity index (χ2n) is 2.85. The smallest absolute Gasteiger partial charge is 0.173 e. The minimum Gasteiger partial charge on any atom is -0.385 e. The summed E-state index contributed by atoms with van der Waals surface area (Å²) in [4.78, 5) is 11.0. The van der Waals surface area contributed by atoms with E-state index in [1.165, 1.54) is 0 Å². The largest absolute Gasteiger partial charge is 0.385 e. The lowest BCUT2D eigenvalue weighted by Gasteiger charge is -2.03. The van der Waals surface area contributed by atoms with Crippen molar-refractivity contribution in [1.82, 2.24) is 0 Å². The van der Waals surface area contributed by atoms with E-state index < -0.39 is 6.10 Å². The number of Topliss-reactive ketones (excluding diaryl/α,β-unsaturated/α-hetero) is 1. The maximum absolute atomic E-state index is 11.0. The van der Waals surface area contributed by atoms with E-state index in [9.17, 15) is 9.90 Å². The number of ketones is 1. The van der Waals surface area contributed by atoms with Crippen LogP contribution in [-0.4, -0.2) is 17.0 Å². The molecule has 1 aliphatic rings. The number of carbonyl (C=O) groups is 1. The number of rotatable bonds is 3. The standard InChI is InChI=1S/C9H12O2/c1-2-3-4-8(10)9(11)7-5-6-7/h7,9,11H,4-6H2,1H3. The van der Waals surface area contributed by atoms with Gasteiger partial charge in [0.1, 0.15) is 6.10 Å². The molecule has 0 radical (unpaired) electrons. The van der Waals surface area contributed by atoms with Gasteiger partial charge in [-0.3, -0.25) is 4.79 Å². The van der Waals surface area contributed by atoms with Crippen LogP contribution in [0, 0.1) is 17.8 Å². The molecule has 0 saturated heterocycles. The van der Waals surface area contributed by atoms with Gasteiger partial charge in [-0.15, -0.1) is 5.92 Å². The summed E-state index contributed by atoms with van der Waals surface area (Å²) >= 11 is 0. The predicted octanol–water partition coefficient (Wildman–Crippen LogP) is 0.740. The van der Waals surface area contributed by atoms with Gasteiger partial charge < -0.3 is 5.11 Å². The molecule has 1 N–H and O–H groups in total. The molecule has 0 heterocycles. The monoisotopic (exact) mass is 152 g/mol. The molecule has 0 aromatic carbocycles. The Hall–Kier alpha value is -0.810. The fourth-order valence-electron chi connectivity index (χ4n) is 0.955. The van der Waals surface area contributed by atoms with Crippen molar-refractivity contribution in [3.8, 4) is 11.8 Å². The van der Waals surface area contributed by atoms with E-state index in [0.717, 1.165) is 12.8 Å². The van der Waals surface area contributed by atoms with Crippen molar-refractivity contribution < 1.29 is 9.90 Å². The predicted molar refractivity (Wildman–Crippen MR) is 41.8 cm³/mol. The summed E-state index contributed by atoms with van der Waals surface area (Å²) in [5.74, 6) is 5.40. The molecule has 1 atom stereocenters. The van der Waals surface area contributed by atoms with Gasteiger partial charge in [0.2, 0.25) is 0 Å². The second kappa shape index (κ2) is 3.54. The van der Waals surface area contributed by atoms with Crippen LogP contribution < -0.4 is 0 Å². The molecular formula is C9H12O2. The number of aliphatic hydroxyl groups excluding tert-OH is 1. The Morgan fingerprint density at radius 2 is 2.36 bits per heavy atom. The van der Waals surface area contributed by atoms with Crippen LogP contribution in [0.1, 0.15) is 26.2 Å². The molecule has 0 aromatic heterocycles. The van der Waals surface area contributed by atoms with Gasteiger partial charge in [0.15, 0.2) is 5.78 Å². The third kappa shape index (κ3) is 2.36. The van der Waals surface area contributed by atoms with Crippen molar-refractivity contribution in [2.45, 2.75) is 32.3 Å². The number of carbonyl (C=O) groups excluding carboxylic acids is 1. The third-order valence-electron chi connectivity index (χ3n) is 1.84. The molecule has 2 heteroatoms. The van der Waals surface area contributed by atoms with Gasteiger partial charge >= 0.3 is 0 Å². The second-order valence-corrected chi connectivity index (χ2v) is 2.85. The van der Waals surface area contributed by atoms with E-state index in [-0.39, 0.29) is 18.1 Å². The van der Waals surface area contributed by atoms with Crippen LogP contribution >= 0.6 is 0 Å². The first-order chi connectivity index (χ1) is 5.25. The van der Waals surface area contributed by atoms with Crippen LogP contribution in [0.3, 0.4) is 0 Å². The molecular weight excluding hydrogens is 140 g/mol. The Bertz CT molecular complexity index is 205. The van der Waals surface area contributed by atoms with Crippen LogP contribution in [0.4, 0.5) is 0 Å². The van der Waals surface area contributed by atoms with Crippen molar-refractivity contribution in [2.75, 3.05) is 0 Å². The first kappa shape index (κ1) is 8.29. The molecule has 1 unspecified atom stereocenters. The summed E-state index contributed by atoms with van der Waals surface area (Å²) in [7, 11) is 0. The third-order valence-corrected chi connectivity index (χ3v) is 1.84. The van der Waals surface area contributed by atoms with Crippen molar-refractivity contribution >= 4 is 5.78 Å². The maximum atomic E-state index is 11.0. The van der Waals surface area contributed by atoms with Crippen LogP contribution in [-0.2, 0) is 4.79 Å². The fourth-order valence-corrected chi connectivity index (χ4v) is 0.955. The minimum absolute atomic E-state index is 0.123. The summed E-state index contributed by atoms with van der Waals surface area (Å²) in [5, 5.41) is 9.27. The molecule has 11 heavy (non-hydrogen) atoms. The van der Waals surface area contributed by atoms with Gasteiger partial charge in [0, 0.05) is 0 Å². The van der Waals surface area contributed by atoms with E-state index >= 15 is 0 Å². The summed E-state index contributed by atoms with van der Waals surface area (Å²) in [6.45, 7) is 1.69. The molecule has 0 aliphatic heterocycles. The zero-order valence-corrected chi connectivity index (χ0v) is 6.63. The van der Waals surface area contributed by atoms with Crippen molar-refractivity contribution in [2.24, 2.45) is 5.92 Å². The van der Waals surface area contributed by atoms with Crippen molar-refractivity contribution in [1.29, 1.82) is 0 Å². The summed E-state index contributed by atoms with van der Waals surface area (Å²) < 4.78 is 0. The highest BCUT2D eigenvalue weighted by Crippen LogP contribution is 2.33. The number of hydrogen-bond donors (Lipinski definition) is 1. The van der Waals surface area contributed by atoms with E-state index in [2.05, 4.69) is 11.8 Å². The Morgan fingerprint density at radius 1 is 1.73 bits per heavy atom. The van der Waals surface area contributed by atoms with Gasteiger partial charge in [0.25, 0.3) is 0 Å². The van der Waals surface area contributed by atoms with Crippen molar-refractivity contribution in [3.05, 3.63) is 0 Å². The lowest BCUT2D eigenvalue weighted by Crippen LogP contribution is -2.21. The summed E-state index contributed by atoms with van der Waals surface area (Å²) in [5.41, 5.74) is 0. The average molecular weight is 152 g/mol. The van der Waals surface area contributed by atoms with E-state index in [1.807, 2.05) is 0 Å². The summed E-state index contributed by atoms with van der Waals surface area (Å²) in [6.07, 6.45) is 1.45. The molecule has 0 spiro atoms. The van der Waals surface area contributed by atoms with Crippen molar-refractivity contribution in [3.63, 3.8) is 0 Å². The Morgan fingerprint density at radius 3 is 2.82 bits per heavy atom. The molecule has 60 valence electrons. The first-order valence-corrected chi connectivity index (χ1v) is 3.86. The highest BCUT2D eigenvalue weighted by atomic mass is 16.3. The van der Waals surface area contributed by atoms with Gasteiger partial charge in [-0.25, -0.2) is 0 Å². The quantitative estimate of drug-likeness (QED) is 0.605. The number of hydrogen-bond acceptors (Lipinski definition) is 2. The van der Waals surface area contributed by atoms with Gasteiger partial charge in [0.05, 0.1) is 6.42 Å². The average Bonchev–Trinajstić information content (AvgIpc) is 2.81. The molecule has 0 bridgehead atoms. The fraction of sp³-hybridized carbons (Fsp3) is 0.667. The molecule has 0 aromatic rings. The zero-order valence-electron chi connectivity index (χ0n) is 6.63. The number of aliphatic hydroxyl groups is 1. The van der Waals surface area contributed by atoms with Crippen LogP contribution in [0.5, 0.6) is 0 Å². The maximum Gasteiger partial charge on any atom is 0.173 e. The van der Waals surface area contributed by atoms with Gasteiger partial charge in [-0.2, -0.15) is 0 Å². The SMILES string of the molecule is CC#CCC(=O)C(O)C1CC1. The van der Waals surface area contributed by atoms with E-state index in [4.69, 9.17) is 0 Å². The lowest BCUT2D eigenvalue weighted by atomic mass is 10.1. The molecule has 1 saturated carbocycles. The van der Waals surface area contributed by atoms with E-state index in [0.29, 0.717) is 0 Å². The lowest BCUT2D eigenvalue weighted by molar-refractivity contribution is -0.127. The van der Waals surface area contributed by atoms with Gasteiger partial charge in [-0.05, 0) is 25.7 Å². The highest BCUT2D eigenvalue weighted by molar-refractivity contribution is 5.85. The highest BCUT2D eigenvalue weighted by Gasteiger charge is 2.33. The van der Waals surface area contributed by atoms with Crippen LogP contribution in [0.15, 0.2) is 0 Å². The van der Waals surface area contributed by atoms with Crippen LogP contribution in [0.25, 0.3) is 0 Å². The minimum atomic E-state index is -0.740. The molecule has 1 aliphatic carbocycles. The Kier molecular flexibility index (Phi) is 2.67. The Balaban J connectivity index is 2.31. The normalized spacial score (nSPS) is 18.4. The Labute approximate surface area is 66.6 Å². The van der Waals surface area contributed by atoms with Gasteiger partial charge in [-0.1, -0.05) is 5.92 Å². The van der Waals surface area contributed by atoms with Crippen LogP contribution in [0.2, 0.25) is 0 Å². The topological polar surface area (TPSA) is 37.3 Å².